The minimum absolute atomic E-state index is 0.248. The van der Waals surface area contributed by atoms with Crippen molar-refractivity contribution in [1.29, 1.82) is 0 Å². The van der Waals surface area contributed by atoms with Crippen LogP contribution in [0, 0.1) is 0 Å². The van der Waals surface area contributed by atoms with Crippen LogP contribution >= 0.6 is 0 Å². The highest BCUT2D eigenvalue weighted by Crippen LogP contribution is 2.34. The number of nitrogens with zero attached hydrogens (tertiary/aromatic N) is 3. The normalized spacial score (nSPS) is 19.8. The number of Topliss-reactive ketones (excluding diaryl/α,β-unsaturated/α-hetero) is 1. The van der Waals surface area contributed by atoms with Gasteiger partial charge in [0.05, 0.1) is 6.54 Å². The minimum Gasteiger partial charge on any atom is -0.755 e. The van der Waals surface area contributed by atoms with Crippen LogP contribution in [0.25, 0.3) is 0 Å². The van der Waals surface area contributed by atoms with E-state index in [1.54, 1.807) is 24.3 Å². The number of aromatic nitrogens is 2. The highest BCUT2D eigenvalue weighted by Gasteiger charge is 2.63. The third-order valence-electron chi connectivity index (χ3n) is 8.26. The summed E-state index contributed by atoms with van der Waals surface area (Å²) >= 11 is -2.33. The van der Waals surface area contributed by atoms with Crippen molar-refractivity contribution < 1.29 is 27.2 Å². The molecule has 0 amide bonds. The molecule has 0 saturated carbocycles. The SMILES string of the molecule is O=C(CCCCCCCCCC[N+]12Cc3cccc[n+]3C1[n+]1ccccc1C2)Cc1ccc(NS(=O)[O-])cc1. The maximum Gasteiger partial charge on any atom is 0.484 e. The number of carbonyl (C=O) groups excluding carboxylic acids is 1. The number of benzene rings is 1. The second-order valence-corrected chi connectivity index (χ2v) is 11.8. The van der Waals surface area contributed by atoms with Crippen molar-refractivity contribution in [2.24, 2.45) is 0 Å². The summed E-state index contributed by atoms with van der Waals surface area (Å²) in [5.74, 6) is 0.248. The summed E-state index contributed by atoms with van der Waals surface area (Å²) < 4.78 is 29.8. The number of rotatable bonds is 15. The van der Waals surface area contributed by atoms with Gasteiger partial charge in [-0.1, -0.05) is 53.4 Å². The van der Waals surface area contributed by atoms with Crippen molar-refractivity contribution in [1.82, 2.24) is 0 Å². The molecule has 0 bridgehead atoms. The van der Waals surface area contributed by atoms with Gasteiger partial charge in [-0.05, 0) is 49.1 Å². The van der Waals surface area contributed by atoms with Crippen molar-refractivity contribution in [2.45, 2.75) is 83.6 Å². The molecular weight excluding hydrogens is 508 g/mol. The molecule has 0 saturated heterocycles. The Morgan fingerprint density at radius 2 is 1.38 bits per heavy atom. The fourth-order valence-corrected chi connectivity index (χ4v) is 6.74. The summed E-state index contributed by atoms with van der Waals surface area (Å²) in [5, 5.41) is 0. The average molecular weight is 549 g/mol. The molecule has 2 aliphatic rings. The summed E-state index contributed by atoms with van der Waals surface area (Å²) in [7, 11) is 0. The molecule has 1 unspecified atom stereocenters. The van der Waals surface area contributed by atoms with Crippen LogP contribution in [0.5, 0.6) is 0 Å². The van der Waals surface area contributed by atoms with Crippen molar-refractivity contribution in [2.75, 3.05) is 11.3 Å². The highest BCUT2D eigenvalue weighted by molar-refractivity contribution is 7.80. The number of carbonyl (C=O) groups is 1. The molecule has 5 rings (SSSR count). The Morgan fingerprint density at radius 3 is 1.97 bits per heavy atom. The Labute approximate surface area is 234 Å². The largest absolute Gasteiger partial charge is 0.755 e. The minimum atomic E-state index is -2.33. The Balaban J connectivity index is 0.953. The number of hydrogen-bond donors (Lipinski definition) is 1. The first kappa shape index (κ1) is 27.6. The van der Waals surface area contributed by atoms with Gasteiger partial charge in [0.2, 0.25) is 11.4 Å². The molecule has 1 atom stereocenters. The van der Waals surface area contributed by atoms with Crippen molar-refractivity contribution in [3.63, 3.8) is 0 Å². The van der Waals surface area contributed by atoms with E-state index in [9.17, 15) is 13.6 Å². The number of unbranched alkanes of at least 4 members (excludes halogenated alkanes) is 7. The molecule has 3 aromatic rings. The zero-order valence-electron chi connectivity index (χ0n) is 22.7. The molecule has 39 heavy (non-hydrogen) atoms. The van der Waals surface area contributed by atoms with Gasteiger partial charge in [-0.25, -0.2) is 0 Å². The van der Waals surface area contributed by atoms with Crippen LogP contribution in [-0.2, 0) is 35.6 Å². The predicted molar refractivity (Wildman–Crippen MR) is 149 cm³/mol. The van der Waals surface area contributed by atoms with Crippen LogP contribution in [0.4, 0.5) is 5.69 Å². The zero-order valence-corrected chi connectivity index (χ0v) is 23.5. The zero-order chi connectivity index (χ0) is 27.1. The summed E-state index contributed by atoms with van der Waals surface area (Å²) in [4.78, 5) is 12.3. The quantitative estimate of drug-likeness (QED) is 0.130. The number of anilines is 1. The predicted octanol–water partition coefficient (Wildman–Crippen LogP) is 4.64. The summed E-state index contributed by atoms with van der Waals surface area (Å²) in [6, 6.07) is 20.2. The third-order valence-corrected chi connectivity index (χ3v) is 8.67. The van der Waals surface area contributed by atoms with Crippen LogP contribution in [0.2, 0.25) is 0 Å². The van der Waals surface area contributed by atoms with Gasteiger partial charge in [0.15, 0.2) is 25.5 Å². The molecular formula is C31H40N4O3S+2. The topological polar surface area (TPSA) is 77.0 Å². The van der Waals surface area contributed by atoms with Gasteiger partial charge in [-0.3, -0.25) is 9.00 Å². The van der Waals surface area contributed by atoms with Crippen LogP contribution < -0.4 is 13.9 Å². The van der Waals surface area contributed by atoms with Gasteiger partial charge in [0.1, 0.15) is 5.78 Å². The van der Waals surface area contributed by atoms with E-state index in [2.05, 4.69) is 62.6 Å². The van der Waals surface area contributed by atoms with Gasteiger partial charge < -0.3 is 9.27 Å². The fourth-order valence-electron chi connectivity index (χ4n) is 6.41. The van der Waals surface area contributed by atoms with E-state index in [1.165, 1.54) is 56.5 Å². The van der Waals surface area contributed by atoms with Gasteiger partial charge >= 0.3 is 6.29 Å². The van der Waals surface area contributed by atoms with E-state index in [1.807, 2.05) is 0 Å². The van der Waals surface area contributed by atoms with Crippen LogP contribution in [0.1, 0.15) is 81.0 Å². The van der Waals surface area contributed by atoms with Crippen molar-refractivity contribution in [3.8, 4) is 0 Å². The molecule has 0 aliphatic carbocycles. The van der Waals surface area contributed by atoms with Gasteiger partial charge in [-0.2, -0.15) is 4.48 Å². The van der Waals surface area contributed by atoms with Crippen LogP contribution in [-0.4, -0.2) is 25.6 Å². The number of quaternary nitrogens is 1. The number of pyridine rings is 2. The summed E-state index contributed by atoms with van der Waals surface area (Å²) in [6.07, 6.45) is 15.5. The van der Waals surface area contributed by atoms with Crippen molar-refractivity contribution in [3.05, 3.63) is 90.0 Å². The molecule has 2 aliphatic heterocycles. The Morgan fingerprint density at radius 1 is 0.821 bits per heavy atom. The van der Waals surface area contributed by atoms with Crippen LogP contribution in [0.3, 0.4) is 0 Å². The van der Waals surface area contributed by atoms with E-state index >= 15 is 0 Å². The number of ketones is 1. The Kier molecular flexibility index (Phi) is 9.17. The lowest BCUT2D eigenvalue weighted by Crippen LogP contribution is -2.62. The maximum absolute atomic E-state index is 12.3. The molecule has 0 spiro atoms. The maximum atomic E-state index is 12.3. The average Bonchev–Trinajstić information content (AvgIpc) is 3.41. The lowest BCUT2D eigenvalue weighted by Gasteiger charge is -2.24. The molecule has 1 N–H and O–H groups in total. The first-order valence-electron chi connectivity index (χ1n) is 14.3. The second kappa shape index (κ2) is 12.9. The third kappa shape index (κ3) is 6.80. The summed E-state index contributed by atoms with van der Waals surface area (Å²) in [6.45, 7) is 3.43. The molecule has 7 nitrogen and oxygen atoms in total. The lowest BCUT2D eigenvalue weighted by atomic mass is 10.0. The first-order chi connectivity index (χ1) is 19.0. The van der Waals surface area contributed by atoms with Crippen molar-refractivity contribution >= 4 is 22.7 Å². The lowest BCUT2D eigenvalue weighted by molar-refractivity contribution is -1.16. The van der Waals surface area contributed by atoms with Crippen LogP contribution in [0.15, 0.2) is 73.1 Å². The monoisotopic (exact) mass is 548 g/mol. The first-order valence-corrected chi connectivity index (χ1v) is 15.4. The molecule has 0 fully saturated rings. The summed E-state index contributed by atoms with van der Waals surface area (Å²) in [5.41, 5.74) is 4.31. The Bertz CT molecular complexity index is 1250. The van der Waals surface area contributed by atoms with Gasteiger partial charge in [0.25, 0.3) is 0 Å². The number of nitrogens with one attached hydrogen (secondary N) is 1. The fraction of sp³-hybridized carbons (Fsp3) is 0.452. The molecule has 2 aromatic heterocycles. The number of hydrogen-bond acceptors (Lipinski definition) is 3. The molecule has 206 valence electrons. The van der Waals surface area contributed by atoms with E-state index in [0.29, 0.717) is 24.8 Å². The molecule has 8 heteroatoms. The van der Waals surface area contributed by atoms with E-state index in [-0.39, 0.29) is 5.78 Å². The van der Waals surface area contributed by atoms with E-state index in [4.69, 9.17) is 0 Å². The van der Waals surface area contributed by atoms with Gasteiger partial charge in [0, 0.05) is 54.1 Å². The molecule has 1 aromatic carbocycles. The number of fused-ring (bicyclic) bond motifs is 5. The second-order valence-electron chi connectivity index (χ2n) is 11.1. The molecule has 4 heterocycles. The molecule has 0 radical (unpaired) electrons. The van der Waals surface area contributed by atoms with E-state index < -0.39 is 11.3 Å². The smallest absolute Gasteiger partial charge is 0.484 e. The van der Waals surface area contributed by atoms with Gasteiger partial charge in [-0.15, -0.1) is 0 Å². The Hall–Kier alpha value is -2.94. The highest BCUT2D eigenvalue weighted by atomic mass is 32.2. The van der Waals surface area contributed by atoms with E-state index in [0.717, 1.165) is 36.0 Å². The standard InChI is InChI=1S/C31H40N4O3S/c36-30(23-26-16-18-27(19-17-26)32-39(37)38)15-7-5-3-1-2-4-6-12-22-35-24-28-13-8-10-20-33(28)31(35)34-21-11-9-14-29(34)25-35/h8-11,13-14,16-21,31-32H,1-7,12,15,22-25H2/q+2.